The summed E-state index contributed by atoms with van der Waals surface area (Å²) < 4.78 is 0. The number of carbonyl (C=O) groups excluding carboxylic acids is 2. The average Bonchev–Trinajstić information content (AvgIpc) is 3.44. The van der Waals surface area contributed by atoms with E-state index in [1.807, 2.05) is 42.2 Å². The molecule has 0 spiro atoms. The van der Waals surface area contributed by atoms with Gasteiger partial charge >= 0.3 is 0 Å². The van der Waals surface area contributed by atoms with E-state index >= 15 is 0 Å². The molecule has 1 aromatic carbocycles. The molecule has 2 aliphatic rings. The molecule has 2 fully saturated rings. The quantitative estimate of drug-likeness (QED) is 0.854. The van der Waals surface area contributed by atoms with Gasteiger partial charge < -0.3 is 15.2 Å². The maximum Gasteiger partial charge on any atom is 0.225 e. The summed E-state index contributed by atoms with van der Waals surface area (Å²) in [5, 5.41) is 3.07. The molecule has 4 rings (SSSR count). The number of hydrogen-bond donors (Lipinski definition) is 2. The topological polar surface area (TPSA) is 78.1 Å². The lowest BCUT2D eigenvalue weighted by molar-refractivity contribution is -0.136. The van der Waals surface area contributed by atoms with Crippen LogP contribution in [0.2, 0.25) is 0 Å². The lowest BCUT2D eigenvalue weighted by atomic mass is 9.95. The molecular formula is C21H26N4O2. The molecule has 2 heterocycles. The minimum Gasteiger partial charge on any atom is -0.346 e. The predicted molar refractivity (Wildman–Crippen MR) is 103 cm³/mol. The van der Waals surface area contributed by atoms with Gasteiger partial charge in [-0.1, -0.05) is 30.3 Å². The Balaban J connectivity index is 1.31. The van der Waals surface area contributed by atoms with Crippen molar-refractivity contribution in [2.45, 2.75) is 38.6 Å². The van der Waals surface area contributed by atoms with E-state index in [0.29, 0.717) is 13.1 Å². The first kappa shape index (κ1) is 17.8. The normalized spacial score (nSPS) is 18.9. The largest absolute Gasteiger partial charge is 0.346 e. The molecule has 6 heteroatoms. The van der Waals surface area contributed by atoms with Crippen LogP contribution in [-0.4, -0.2) is 39.8 Å². The zero-order valence-corrected chi connectivity index (χ0v) is 15.6. The zero-order chi connectivity index (χ0) is 18.8. The molecular weight excluding hydrogens is 340 g/mol. The summed E-state index contributed by atoms with van der Waals surface area (Å²) in [6.45, 7) is 3.33. The second-order valence-electron chi connectivity index (χ2n) is 7.65. The van der Waals surface area contributed by atoms with Crippen LogP contribution in [0.1, 0.15) is 44.5 Å². The summed E-state index contributed by atoms with van der Waals surface area (Å²) in [5.74, 6) is 1.32. The van der Waals surface area contributed by atoms with Crippen LogP contribution in [0.4, 0.5) is 0 Å². The highest BCUT2D eigenvalue weighted by Crippen LogP contribution is 2.32. The van der Waals surface area contributed by atoms with Gasteiger partial charge in [0, 0.05) is 24.9 Å². The molecule has 1 aliphatic carbocycles. The molecule has 0 radical (unpaired) electrons. The monoisotopic (exact) mass is 366 g/mol. The Morgan fingerprint density at radius 2 is 1.81 bits per heavy atom. The highest BCUT2D eigenvalue weighted by molar-refractivity contribution is 5.82. The third-order valence-electron chi connectivity index (χ3n) is 5.55. The first-order valence-electron chi connectivity index (χ1n) is 9.81. The van der Waals surface area contributed by atoms with Crippen molar-refractivity contribution in [3.05, 3.63) is 42.4 Å². The lowest BCUT2D eigenvalue weighted by Gasteiger charge is -2.32. The molecule has 2 amide bonds. The predicted octanol–water partition coefficient (Wildman–Crippen LogP) is 2.90. The Bertz CT molecular complexity index is 805. The highest BCUT2D eigenvalue weighted by Gasteiger charge is 2.36. The van der Waals surface area contributed by atoms with Gasteiger partial charge in [-0.25, -0.2) is 4.98 Å². The van der Waals surface area contributed by atoms with Crippen LogP contribution in [-0.2, 0) is 9.59 Å². The van der Waals surface area contributed by atoms with Gasteiger partial charge in [0.25, 0.3) is 0 Å². The summed E-state index contributed by atoms with van der Waals surface area (Å²) in [6.07, 6.45) is 5.35. The third-order valence-corrected chi connectivity index (χ3v) is 5.55. The molecule has 27 heavy (non-hydrogen) atoms. The number of aromatic amines is 1. The summed E-state index contributed by atoms with van der Waals surface area (Å²) in [4.78, 5) is 34.4. The molecule has 6 nitrogen and oxygen atoms in total. The number of benzene rings is 1. The van der Waals surface area contributed by atoms with E-state index in [1.54, 1.807) is 6.20 Å². The number of rotatable bonds is 5. The molecule has 2 N–H and O–H groups in total. The van der Waals surface area contributed by atoms with Gasteiger partial charge in [-0.3, -0.25) is 9.59 Å². The summed E-state index contributed by atoms with van der Waals surface area (Å²) in [6, 6.07) is 9.82. The molecule has 1 aromatic heterocycles. The van der Waals surface area contributed by atoms with Gasteiger partial charge in [-0.2, -0.15) is 0 Å². The Morgan fingerprint density at radius 1 is 1.11 bits per heavy atom. The van der Waals surface area contributed by atoms with Gasteiger partial charge in [0.1, 0.15) is 5.82 Å². The molecule has 0 bridgehead atoms. The maximum absolute atomic E-state index is 12.6. The Morgan fingerprint density at radius 3 is 2.48 bits per heavy atom. The average molecular weight is 366 g/mol. The van der Waals surface area contributed by atoms with E-state index in [1.165, 1.54) is 0 Å². The van der Waals surface area contributed by atoms with Crippen molar-refractivity contribution in [3.63, 3.8) is 0 Å². The standard InChI is InChI=1S/C21H26N4O2/c1-14(19-22-13-18(24-19)15-5-3-2-4-6-15)23-20(26)16-9-11-25(12-10-16)21(27)17-7-8-17/h2-6,13-14,16-17H,7-12H2,1H3,(H,22,24)(H,23,26)/t14-/m1/s1. The van der Waals surface area contributed by atoms with E-state index in [0.717, 1.165) is 42.8 Å². The number of imidazole rings is 1. The Kier molecular flexibility index (Phi) is 4.97. The molecule has 2 aromatic rings. The Hall–Kier alpha value is -2.63. The lowest BCUT2D eigenvalue weighted by Crippen LogP contribution is -2.44. The first-order valence-corrected chi connectivity index (χ1v) is 9.81. The number of likely N-dealkylation sites (tertiary alicyclic amines) is 1. The van der Waals surface area contributed by atoms with E-state index in [2.05, 4.69) is 15.3 Å². The number of hydrogen-bond acceptors (Lipinski definition) is 3. The fourth-order valence-electron chi connectivity index (χ4n) is 3.67. The number of nitrogens with one attached hydrogen (secondary N) is 2. The zero-order valence-electron chi connectivity index (χ0n) is 15.6. The minimum absolute atomic E-state index is 0.0285. The van der Waals surface area contributed by atoms with Gasteiger partial charge in [-0.05, 0) is 38.2 Å². The molecule has 1 atom stereocenters. The van der Waals surface area contributed by atoms with Crippen LogP contribution in [0, 0.1) is 11.8 Å². The smallest absolute Gasteiger partial charge is 0.225 e. The van der Waals surface area contributed by atoms with Crippen molar-refractivity contribution in [2.75, 3.05) is 13.1 Å². The molecule has 1 aliphatic heterocycles. The number of piperidine rings is 1. The van der Waals surface area contributed by atoms with Crippen LogP contribution in [0.5, 0.6) is 0 Å². The van der Waals surface area contributed by atoms with E-state index < -0.39 is 0 Å². The minimum atomic E-state index is -0.180. The van der Waals surface area contributed by atoms with Crippen LogP contribution in [0.15, 0.2) is 36.5 Å². The van der Waals surface area contributed by atoms with Gasteiger partial charge in [0.15, 0.2) is 0 Å². The van der Waals surface area contributed by atoms with Crippen molar-refractivity contribution in [3.8, 4) is 11.3 Å². The van der Waals surface area contributed by atoms with Crippen molar-refractivity contribution < 1.29 is 9.59 Å². The highest BCUT2D eigenvalue weighted by atomic mass is 16.2. The molecule has 1 saturated heterocycles. The third kappa shape index (κ3) is 4.04. The number of carbonyl (C=O) groups is 2. The van der Waals surface area contributed by atoms with Crippen LogP contribution < -0.4 is 5.32 Å². The van der Waals surface area contributed by atoms with Crippen molar-refractivity contribution in [1.29, 1.82) is 0 Å². The fourth-order valence-corrected chi connectivity index (χ4v) is 3.67. The molecule has 142 valence electrons. The summed E-state index contributed by atoms with van der Waals surface area (Å²) >= 11 is 0. The van der Waals surface area contributed by atoms with Gasteiger partial charge in [0.05, 0.1) is 17.9 Å². The maximum atomic E-state index is 12.6. The van der Waals surface area contributed by atoms with Crippen LogP contribution in [0.25, 0.3) is 11.3 Å². The second kappa shape index (κ2) is 7.55. The SMILES string of the molecule is C[C@@H](NC(=O)C1CCN(C(=O)C2CC2)CC1)c1ncc(-c2ccccc2)[nH]1. The van der Waals surface area contributed by atoms with Crippen molar-refractivity contribution in [1.82, 2.24) is 20.2 Å². The van der Waals surface area contributed by atoms with Gasteiger partial charge in [0.2, 0.25) is 11.8 Å². The number of nitrogens with zero attached hydrogens (tertiary/aromatic N) is 2. The van der Waals surface area contributed by atoms with E-state index in [9.17, 15) is 9.59 Å². The second-order valence-corrected chi connectivity index (χ2v) is 7.65. The van der Waals surface area contributed by atoms with Gasteiger partial charge in [-0.15, -0.1) is 0 Å². The summed E-state index contributed by atoms with van der Waals surface area (Å²) in [5.41, 5.74) is 2.01. The van der Waals surface area contributed by atoms with Crippen molar-refractivity contribution >= 4 is 11.8 Å². The first-order chi connectivity index (χ1) is 13.1. The Labute approximate surface area is 159 Å². The van der Waals surface area contributed by atoms with E-state index in [-0.39, 0.29) is 29.7 Å². The number of H-pyrrole nitrogens is 1. The van der Waals surface area contributed by atoms with Crippen molar-refractivity contribution in [2.24, 2.45) is 11.8 Å². The van der Waals surface area contributed by atoms with E-state index in [4.69, 9.17) is 0 Å². The number of aromatic nitrogens is 2. The molecule has 0 unspecified atom stereocenters. The fraction of sp³-hybridized carbons (Fsp3) is 0.476. The van der Waals surface area contributed by atoms with Crippen LogP contribution in [0.3, 0.4) is 0 Å². The molecule has 1 saturated carbocycles. The van der Waals surface area contributed by atoms with Crippen LogP contribution >= 0.6 is 0 Å². The summed E-state index contributed by atoms with van der Waals surface area (Å²) in [7, 11) is 0. The number of amides is 2.